The number of nitrogens with zero attached hydrogens (tertiary/aromatic N) is 2. The molecule has 1 aromatic carbocycles. The van der Waals surface area contributed by atoms with E-state index in [9.17, 15) is 4.79 Å². The van der Waals surface area contributed by atoms with E-state index >= 15 is 0 Å². The maximum absolute atomic E-state index is 11.0. The lowest BCUT2D eigenvalue weighted by Gasteiger charge is -2.25. The Hall–Kier alpha value is -2.89. The third kappa shape index (κ3) is 2.42. The lowest BCUT2D eigenvalue weighted by Crippen LogP contribution is -2.29. The second-order valence-corrected chi connectivity index (χ2v) is 5.77. The molecule has 0 saturated carbocycles. The number of nitrogens with one attached hydrogen (secondary N) is 2. The Bertz CT molecular complexity index is 887. The second-order valence-electron chi connectivity index (χ2n) is 5.77. The van der Waals surface area contributed by atoms with Crippen LogP contribution in [-0.4, -0.2) is 26.2 Å². The zero-order chi connectivity index (χ0) is 15.8. The molecule has 1 aliphatic rings. The second kappa shape index (κ2) is 5.39. The van der Waals surface area contributed by atoms with Gasteiger partial charge in [-0.1, -0.05) is 12.1 Å². The van der Waals surface area contributed by atoms with Crippen molar-refractivity contribution < 1.29 is 9.90 Å². The Morgan fingerprint density at radius 1 is 1.30 bits per heavy atom. The number of aryl methyl sites for hydroxylation is 1. The summed E-state index contributed by atoms with van der Waals surface area (Å²) in [6.07, 6.45) is 5.22. The van der Waals surface area contributed by atoms with Crippen LogP contribution in [0.2, 0.25) is 0 Å². The van der Waals surface area contributed by atoms with Gasteiger partial charge in [-0.05, 0) is 42.5 Å². The lowest BCUT2D eigenvalue weighted by molar-refractivity contribution is 0.188. The van der Waals surface area contributed by atoms with E-state index in [0.29, 0.717) is 0 Å². The Morgan fingerprint density at radius 2 is 2.22 bits per heavy atom. The molecular weight excluding hydrogens is 292 g/mol. The van der Waals surface area contributed by atoms with Gasteiger partial charge in [0.05, 0.1) is 11.7 Å². The van der Waals surface area contributed by atoms with Gasteiger partial charge in [0.1, 0.15) is 12.0 Å². The summed E-state index contributed by atoms with van der Waals surface area (Å²) < 4.78 is 0. The molecule has 1 amide bonds. The maximum Gasteiger partial charge on any atom is 0.405 e. The molecule has 0 aliphatic heterocycles. The summed E-state index contributed by atoms with van der Waals surface area (Å²) in [7, 11) is 0. The van der Waals surface area contributed by atoms with Crippen LogP contribution in [0.4, 0.5) is 4.79 Å². The zero-order valence-electron chi connectivity index (χ0n) is 12.4. The minimum Gasteiger partial charge on any atom is -0.465 e. The number of amides is 1. The summed E-state index contributed by atoms with van der Waals surface area (Å²) in [5, 5.41) is 12.6. The number of aromatic nitrogens is 3. The number of aromatic amines is 1. The Labute approximate surface area is 132 Å². The molecule has 4 rings (SSSR count). The SMILES string of the molecule is O=C(O)NC1CCCc2cc(-c3ncnc4[nH]ccc34)ccc21. The van der Waals surface area contributed by atoms with Gasteiger partial charge in [-0.15, -0.1) is 0 Å². The Kier molecular flexibility index (Phi) is 3.22. The number of carbonyl (C=O) groups is 1. The highest BCUT2D eigenvalue weighted by atomic mass is 16.4. The molecule has 1 aliphatic carbocycles. The maximum atomic E-state index is 11.0. The van der Waals surface area contributed by atoms with Crippen molar-refractivity contribution in [1.29, 1.82) is 0 Å². The Morgan fingerprint density at radius 3 is 3.09 bits per heavy atom. The topological polar surface area (TPSA) is 90.9 Å². The standard InChI is InChI=1S/C17H16N4O2/c22-17(23)21-14-3-1-2-10-8-11(4-5-12(10)14)15-13-6-7-18-16(13)20-9-19-15/h4-9,14,21H,1-3H2,(H,22,23)(H,18,19,20). The molecular formula is C17H16N4O2. The summed E-state index contributed by atoms with van der Waals surface area (Å²) in [6, 6.07) is 8.00. The van der Waals surface area contributed by atoms with Crippen LogP contribution in [0.1, 0.15) is 30.0 Å². The number of H-pyrrole nitrogens is 1. The van der Waals surface area contributed by atoms with Crippen molar-refractivity contribution in [2.75, 3.05) is 0 Å². The first-order chi connectivity index (χ1) is 11.2. The summed E-state index contributed by atoms with van der Waals surface area (Å²) in [4.78, 5) is 22.7. The normalized spacial score (nSPS) is 17.0. The molecule has 1 unspecified atom stereocenters. The molecule has 0 radical (unpaired) electrons. The van der Waals surface area contributed by atoms with Crippen molar-refractivity contribution in [1.82, 2.24) is 20.3 Å². The average Bonchev–Trinajstić information content (AvgIpc) is 3.02. The molecule has 2 heterocycles. The van der Waals surface area contributed by atoms with Gasteiger partial charge >= 0.3 is 6.09 Å². The van der Waals surface area contributed by atoms with Crippen LogP contribution < -0.4 is 5.32 Å². The fourth-order valence-electron chi connectivity index (χ4n) is 3.36. The van der Waals surface area contributed by atoms with Gasteiger partial charge in [0.15, 0.2) is 0 Å². The minimum atomic E-state index is -0.975. The Balaban J connectivity index is 1.78. The van der Waals surface area contributed by atoms with Crippen LogP contribution in [0.25, 0.3) is 22.3 Å². The summed E-state index contributed by atoms with van der Waals surface area (Å²) in [6.45, 7) is 0. The summed E-state index contributed by atoms with van der Waals surface area (Å²) >= 11 is 0. The van der Waals surface area contributed by atoms with Crippen LogP contribution in [0.5, 0.6) is 0 Å². The highest BCUT2D eigenvalue weighted by Crippen LogP contribution is 2.33. The molecule has 0 fully saturated rings. The molecule has 6 nitrogen and oxygen atoms in total. The van der Waals surface area contributed by atoms with Crippen molar-refractivity contribution in [3.63, 3.8) is 0 Å². The number of carboxylic acid groups (broad SMARTS) is 1. The molecule has 3 aromatic rings. The predicted octanol–water partition coefficient (Wildman–Crippen LogP) is 3.27. The first kappa shape index (κ1) is 13.8. The van der Waals surface area contributed by atoms with E-state index in [-0.39, 0.29) is 6.04 Å². The molecule has 116 valence electrons. The van der Waals surface area contributed by atoms with E-state index in [1.165, 1.54) is 5.56 Å². The van der Waals surface area contributed by atoms with Gasteiger partial charge in [-0.2, -0.15) is 0 Å². The van der Waals surface area contributed by atoms with Crippen LogP contribution in [-0.2, 0) is 6.42 Å². The van der Waals surface area contributed by atoms with Crippen molar-refractivity contribution in [2.45, 2.75) is 25.3 Å². The third-order valence-corrected chi connectivity index (χ3v) is 4.38. The van der Waals surface area contributed by atoms with Crippen molar-refractivity contribution >= 4 is 17.1 Å². The molecule has 2 aromatic heterocycles. The minimum absolute atomic E-state index is 0.122. The number of hydrogen-bond acceptors (Lipinski definition) is 3. The van der Waals surface area contributed by atoms with Crippen LogP contribution >= 0.6 is 0 Å². The average molecular weight is 308 g/mol. The molecule has 0 saturated heterocycles. The van der Waals surface area contributed by atoms with Gasteiger partial charge in [0, 0.05) is 17.1 Å². The van der Waals surface area contributed by atoms with Crippen LogP contribution in [0, 0.1) is 0 Å². The molecule has 3 N–H and O–H groups in total. The smallest absolute Gasteiger partial charge is 0.405 e. The first-order valence-corrected chi connectivity index (χ1v) is 7.63. The number of benzene rings is 1. The van der Waals surface area contributed by atoms with Crippen LogP contribution in [0.3, 0.4) is 0 Å². The summed E-state index contributed by atoms with van der Waals surface area (Å²) in [5.74, 6) is 0. The van der Waals surface area contributed by atoms with E-state index in [4.69, 9.17) is 5.11 Å². The number of rotatable bonds is 2. The van der Waals surface area contributed by atoms with E-state index in [1.807, 2.05) is 24.4 Å². The van der Waals surface area contributed by atoms with Gasteiger partial charge in [0.2, 0.25) is 0 Å². The lowest BCUT2D eigenvalue weighted by atomic mass is 9.86. The van der Waals surface area contributed by atoms with Crippen molar-refractivity contribution in [3.05, 3.63) is 47.9 Å². The molecule has 1 atom stereocenters. The summed E-state index contributed by atoms with van der Waals surface area (Å²) in [5.41, 5.74) is 5.01. The molecule has 6 heteroatoms. The van der Waals surface area contributed by atoms with E-state index in [1.54, 1.807) is 6.33 Å². The quantitative estimate of drug-likeness (QED) is 0.677. The highest BCUT2D eigenvalue weighted by Gasteiger charge is 2.22. The molecule has 0 spiro atoms. The van der Waals surface area contributed by atoms with Crippen molar-refractivity contribution in [2.24, 2.45) is 0 Å². The fraction of sp³-hybridized carbons (Fsp3) is 0.235. The van der Waals surface area contributed by atoms with Gasteiger partial charge < -0.3 is 15.4 Å². The number of hydrogen-bond donors (Lipinski definition) is 3. The highest BCUT2D eigenvalue weighted by molar-refractivity contribution is 5.90. The fourth-order valence-corrected chi connectivity index (χ4v) is 3.36. The third-order valence-electron chi connectivity index (χ3n) is 4.38. The number of fused-ring (bicyclic) bond motifs is 2. The zero-order valence-corrected chi connectivity index (χ0v) is 12.4. The van der Waals surface area contributed by atoms with Gasteiger partial charge in [-0.3, -0.25) is 0 Å². The van der Waals surface area contributed by atoms with Gasteiger partial charge in [-0.25, -0.2) is 14.8 Å². The van der Waals surface area contributed by atoms with Crippen LogP contribution in [0.15, 0.2) is 36.8 Å². The monoisotopic (exact) mass is 308 g/mol. The first-order valence-electron chi connectivity index (χ1n) is 7.63. The van der Waals surface area contributed by atoms with E-state index < -0.39 is 6.09 Å². The predicted molar refractivity (Wildman–Crippen MR) is 86.2 cm³/mol. The molecule has 0 bridgehead atoms. The van der Waals surface area contributed by atoms with E-state index in [2.05, 4.69) is 26.3 Å². The van der Waals surface area contributed by atoms with Gasteiger partial charge in [0.25, 0.3) is 0 Å². The van der Waals surface area contributed by atoms with E-state index in [0.717, 1.165) is 47.1 Å². The largest absolute Gasteiger partial charge is 0.465 e. The molecule has 23 heavy (non-hydrogen) atoms. The van der Waals surface area contributed by atoms with Crippen molar-refractivity contribution in [3.8, 4) is 11.3 Å².